The zero-order valence-corrected chi connectivity index (χ0v) is 15.6. The average Bonchev–Trinajstić information content (AvgIpc) is 3.43. The van der Waals surface area contributed by atoms with Crippen molar-refractivity contribution in [2.45, 2.75) is 45.7 Å². The van der Waals surface area contributed by atoms with Gasteiger partial charge in [0, 0.05) is 37.9 Å². The highest BCUT2D eigenvalue weighted by Crippen LogP contribution is 2.28. The van der Waals surface area contributed by atoms with Crippen LogP contribution in [0.2, 0.25) is 0 Å². The van der Waals surface area contributed by atoms with Crippen molar-refractivity contribution in [2.75, 3.05) is 13.1 Å². The van der Waals surface area contributed by atoms with Gasteiger partial charge in [-0.3, -0.25) is 4.79 Å². The molecule has 1 amide bonds. The van der Waals surface area contributed by atoms with Crippen molar-refractivity contribution in [3.8, 4) is 0 Å². The Morgan fingerprint density at radius 2 is 2.11 bits per heavy atom. The second-order valence-electron chi connectivity index (χ2n) is 6.78. The zero-order valence-electron chi connectivity index (χ0n) is 15.6. The number of rotatable bonds is 5. The molecule has 3 aromatic rings. The molecular formula is C18H23N7O2. The van der Waals surface area contributed by atoms with Crippen LogP contribution in [0.5, 0.6) is 0 Å². The Labute approximate surface area is 157 Å². The lowest BCUT2D eigenvalue weighted by Gasteiger charge is -2.31. The normalized spacial score (nSPS) is 15.4. The van der Waals surface area contributed by atoms with Crippen LogP contribution in [0.1, 0.15) is 53.6 Å². The molecule has 4 rings (SSSR count). The van der Waals surface area contributed by atoms with Crippen molar-refractivity contribution >= 4 is 5.91 Å². The molecule has 4 heterocycles. The van der Waals surface area contributed by atoms with E-state index < -0.39 is 0 Å². The lowest BCUT2D eigenvalue weighted by Crippen LogP contribution is -2.38. The lowest BCUT2D eigenvalue weighted by molar-refractivity contribution is 0.0703. The van der Waals surface area contributed by atoms with Crippen molar-refractivity contribution in [1.29, 1.82) is 0 Å². The van der Waals surface area contributed by atoms with Gasteiger partial charge < -0.3 is 18.5 Å². The van der Waals surface area contributed by atoms with Gasteiger partial charge in [-0.25, -0.2) is 9.97 Å². The molecule has 1 aliphatic rings. The van der Waals surface area contributed by atoms with Crippen LogP contribution < -0.4 is 0 Å². The Balaban J connectivity index is 1.44. The number of likely N-dealkylation sites (tertiary alicyclic amines) is 1. The molecule has 27 heavy (non-hydrogen) atoms. The van der Waals surface area contributed by atoms with Crippen molar-refractivity contribution in [3.05, 3.63) is 48.2 Å². The summed E-state index contributed by atoms with van der Waals surface area (Å²) in [6.07, 6.45) is 8.52. The summed E-state index contributed by atoms with van der Waals surface area (Å²) >= 11 is 0. The number of carbonyl (C=O) groups excluding carboxylic acids is 1. The van der Waals surface area contributed by atoms with Gasteiger partial charge in [-0.2, -0.15) is 0 Å². The number of oxazole rings is 1. The maximum absolute atomic E-state index is 12.6. The predicted molar refractivity (Wildman–Crippen MR) is 96.1 cm³/mol. The fourth-order valence-corrected chi connectivity index (χ4v) is 3.66. The van der Waals surface area contributed by atoms with Crippen LogP contribution in [-0.2, 0) is 13.1 Å². The molecule has 0 bridgehead atoms. The molecule has 0 aliphatic carbocycles. The fraction of sp³-hybridized carbons (Fsp3) is 0.500. The van der Waals surface area contributed by atoms with E-state index in [4.69, 9.17) is 4.42 Å². The van der Waals surface area contributed by atoms with Gasteiger partial charge in [0.1, 0.15) is 11.6 Å². The van der Waals surface area contributed by atoms with Crippen LogP contribution in [0.15, 0.2) is 29.5 Å². The zero-order chi connectivity index (χ0) is 18.8. The molecule has 1 saturated heterocycles. The van der Waals surface area contributed by atoms with E-state index in [0.717, 1.165) is 31.0 Å². The summed E-state index contributed by atoms with van der Waals surface area (Å²) in [5.41, 5.74) is 0.410. The summed E-state index contributed by atoms with van der Waals surface area (Å²) in [7, 11) is 0. The van der Waals surface area contributed by atoms with Gasteiger partial charge in [-0.05, 0) is 26.7 Å². The van der Waals surface area contributed by atoms with E-state index in [1.807, 2.05) is 15.7 Å². The monoisotopic (exact) mass is 369 g/mol. The molecule has 0 atom stereocenters. The van der Waals surface area contributed by atoms with Crippen LogP contribution in [0.3, 0.4) is 0 Å². The van der Waals surface area contributed by atoms with E-state index in [9.17, 15) is 4.79 Å². The highest BCUT2D eigenvalue weighted by molar-refractivity contribution is 5.93. The van der Waals surface area contributed by atoms with Crippen molar-refractivity contribution in [2.24, 2.45) is 0 Å². The maximum Gasteiger partial charge on any atom is 0.276 e. The minimum absolute atomic E-state index is 0.0579. The molecule has 142 valence electrons. The van der Waals surface area contributed by atoms with E-state index in [2.05, 4.69) is 31.7 Å². The number of nitrogens with zero attached hydrogens (tertiary/aromatic N) is 7. The summed E-state index contributed by atoms with van der Waals surface area (Å²) in [6.45, 7) is 6.72. The van der Waals surface area contributed by atoms with Gasteiger partial charge in [0.25, 0.3) is 5.91 Å². The number of amides is 1. The first-order chi connectivity index (χ1) is 13.2. The first kappa shape index (κ1) is 17.4. The molecule has 0 saturated carbocycles. The smallest absolute Gasteiger partial charge is 0.276 e. The molecule has 0 unspecified atom stereocenters. The van der Waals surface area contributed by atoms with E-state index in [1.165, 1.54) is 6.39 Å². The van der Waals surface area contributed by atoms with Gasteiger partial charge in [-0.15, -0.1) is 10.2 Å². The number of hydrogen-bond acceptors (Lipinski definition) is 6. The van der Waals surface area contributed by atoms with Gasteiger partial charge in [0.05, 0.1) is 12.9 Å². The molecule has 0 aromatic carbocycles. The summed E-state index contributed by atoms with van der Waals surface area (Å²) < 4.78 is 9.33. The van der Waals surface area contributed by atoms with E-state index in [1.54, 1.807) is 19.4 Å². The van der Waals surface area contributed by atoms with Crippen molar-refractivity contribution in [3.63, 3.8) is 0 Å². The number of aryl methyl sites for hydroxylation is 1. The molecule has 3 aromatic heterocycles. The van der Waals surface area contributed by atoms with Crippen molar-refractivity contribution in [1.82, 2.24) is 34.2 Å². The maximum atomic E-state index is 12.6. The number of piperidine rings is 1. The number of imidazole rings is 1. The molecule has 9 heteroatoms. The summed E-state index contributed by atoms with van der Waals surface area (Å²) in [4.78, 5) is 22.6. The Hall–Kier alpha value is -2.97. The topological polar surface area (TPSA) is 94.9 Å². The first-order valence-corrected chi connectivity index (χ1v) is 9.24. The molecule has 9 nitrogen and oxygen atoms in total. The molecule has 1 aliphatic heterocycles. The molecule has 0 spiro atoms. The van der Waals surface area contributed by atoms with Crippen molar-refractivity contribution < 1.29 is 9.21 Å². The van der Waals surface area contributed by atoms with Gasteiger partial charge in [-0.1, -0.05) is 0 Å². The van der Waals surface area contributed by atoms with Crippen LogP contribution in [-0.4, -0.2) is 53.2 Å². The highest BCUT2D eigenvalue weighted by Gasteiger charge is 2.29. The molecule has 0 N–H and O–H groups in total. The van der Waals surface area contributed by atoms with E-state index in [-0.39, 0.29) is 5.91 Å². The van der Waals surface area contributed by atoms with E-state index >= 15 is 0 Å². The minimum Gasteiger partial charge on any atom is -0.448 e. The number of hydrogen-bond donors (Lipinski definition) is 0. The highest BCUT2D eigenvalue weighted by atomic mass is 16.3. The Morgan fingerprint density at radius 1 is 1.30 bits per heavy atom. The predicted octanol–water partition coefficient (Wildman–Crippen LogP) is 1.86. The third-order valence-corrected chi connectivity index (χ3v) is 5.15. The first-order valence-electron chi connectivity index (χ1n) is 9.24. The lowest BCUT2D eigenvalue weighted by atomic mass is 9.95. The largest absolute Gasteiger partial charge is 0.448 e. The van der Waals surface area contributed by atoms with E-state index in [0.29, 0.717) is 37.0 Å². The summed E-state index contributed by atoms with van der Waals surface area (Å²) in [5, 5.41) is 8.88. The Bertz CT molecular complexity index is 904. The Kier molecular flexibility index (Phi) is 4.74. The molecular weight excluding hydrogens is 346 g/mol. The van der Waals surface area contributed by atoms with Crippen LogP contribution in [0.4, 0.5) is 0 Å². The summed E-state index contributed by atoms with van der Waals surface area (Å²) in [6, 6.07) is 0. The minimum atomic E-state index is -0.0579. The van der Waals surface area contributed by atoms with Gasteiger partial charge in [0.2, 0.25) is 0 Å². The van der Waals surface area contributed by atoms with Crippen LogP contribution >= 0.6 is 0 Å². The standard InChI is InChI=1S/C18H23N7O2/c1-3-25-15(10-23-9-6-19-11-23)21-22-17(25)14-4-7-24(8-5-14)18(26)16-13(2)27-12-20-16/h6,9,11-12,14H,3-5,7-8,10H2,1-2H3. The van der Waals surface area contributed by atoms with Gasteiger partial charge >= 0.3 is 0 Å². The number of carbonyl (C=O) groups is 1. The van der Waals surface area contributed by atoms with Crippen LogP contribution in [0, 0.1) is 6.92 Å². The second kappa shape index (κ2) is 7.34. The molecule has 0 radical (unpaired) electrons. The second-order valence-corrected chi connectivity index (χ2v) is 6.78. The Morgan fingerprint density at radius 3 is 2.74 bits per heavy atom. The quantitative estimate of drug-likeness (QED) is 0.681. The third-order valence-electron chi connectivity index (χ3n) is 5.15. The average molecular weight is 369 g/mol. The molecule has 1 fully saturated rings. The van der Waals surface area contributed by atoms with Gasteiger partial charge in [0.15, 0.2) is 17.9 Å². The number of aromatic nitrogens is 6. The summed E-state index contributed by atoms with van der Waals surface area (Å²) in [5.74, 6) is 2.76. The SMILES string of the molecule is CCn1c(Cn2ccnc2)nnc1C1CCN(C(=O)c2ncoc2C)CC1. The van der Waals surface area contributed by atoms with Crippen LogP contribution in [0.25, 0.3) is 0 Å². The third kappa shape index (κ3) is 3.36. The fourth-order valence-electron chi connectivity index (χ4n) is 3.66.